The first-order valence-electron chi connectivity index (χ1n) is 10.5. The zero-order valence-corrected chi connectivity index (χ0v) is 22.2. The molecular formula is C26H16Br2N2O7. The lowest BCUT2D eigenvalue weighted by Gasteiger charge is -2.09. The second kappa shape index (κ2) is 11.3. The predicted molar refractivity (Wildman–Crippen MR) is 143 cm³/mol. The molecule has 1 aliphatic rings. The monoisotopic (exact) mass is 626 g/mol. The third-order valence-electron chi connectivity index (χ3n) is 4.98. The molecule has 37 heavy (non-hydrogen) atoms. The molecule has 0 aromatic heterocycles. The molecule has 3 aromatic rings. The van der Waals surface area contributed by atoms with Crippen LogP contribution in [0, 0.1) is 10.1 Å². The SMILES string of the molecule is COc1cccc(C2=N/C(=C\c3cc(Br)cc(Br)c3OC(=O)/C=C/c3ccc([N+](=O)[O-])cc3)C(=O)O2)c1. The van der Waals surface area contributed by atoms with Gasteiger partial charge in [-0.05, 0) is 76.1 Å². The lowest BCUT2D eigenvalue weighted by molar-refractivity contribution is -0.384. The van der Waals surface area contributed by atoms with Crippen molar-refractivity contribution in [3.8, 4) is 11.5 Å². The summed E-state index contributed by atoms with van der Waals surface area (Å²) in [7, 11) is 1.53. The quantitative estimate of drug-likeness (QED) is 0.102. The molecule has 3 aromatic carbocycles. The summed E-state index contributed by atoms with van der Waals surface area (Å²) in [5.74, 6) is -0.499. The minimum Gasteiger partial charge on any atom is -0.497 e. The second-order valence-electron chi connectivity index (χ2n) is 7.48. The van der Waals surface area contributed by atoms with E-state index in [2.05, 4.69) is 36.9 Å². The first-order valence-corrected chi connectivity index (χ1v) is 12.1. The molecule has 186 valence electrons. The van der Waals surface area contributed by atoms with E-state index in [9.17, 15) is 19.7 Å². The van der Waals surface area contributed by atoms with Crippen molar-refractivity contribution in [1.82, 2.24) is 0 Å². The van der Waals surface area contributed by atoms with Crippen LogP contribution < -0.4 is 9.47 Å². The summed E-state index contributed by atoms with van der Waals surface area (Å²) < 4.78 is 17.2. The summed E-state index contributed by atoms with van der Waals surface area (Å²) in [6, 6.07) is 16.0. The van der Waals surface area contributed by atoms with Crippen LogP contribution in [-0.4, -0.2) is 29.9 Å². The molecule has 0 amide bonds. The average Bonchev–Trinajstić information content (AvgIpc) is 3.25. The van der Waals surface area contributed by atoms with E-state index in [1.807, 2.05) is 0 Å². The highest BCUT2D eigenvalue weighted by atomic mass is 79.9. The number of halogens is 2. The fourth-order valence-electron chi connectivity index (χ4n) is 3.24. The van der Waals surface area contributed by atoms with Crippen molar-refractivity contribution in [2.45, 2.75) is 0 Å². The fraction of sp³-hybridized carbons (Fsp3) is 0.0385. The first kappa shape index (κ1) is 26.0. The van der Waals surface area contributed by atoms with Gasteiger partial charge in [-0.25, -0.2) is 14.6 Å². The van der Waals surface area contributed by atoms with Crippen LogP contribution in [0.1, 0.15) is 16.7 Å². The van der Waals surface area contributed by atoms with E-state index in [-0.39, 0.29) is 23.0 Å². The maximum Gasteiger partial charge on any atom is 0.363 e. The number of rotatable bonds is 7. The van der Waals surface area contributed by atoms with Crippen LogP contribution >= 0.6 is 31.9 Å². The Hall–Kier alpha value is -4.09. The van der Waals surface area contributed by atoms with Gasteiger partial charge in [-0.15, -0.1) is 0 Å². The van der Waals surface area contributed by atoms with Gasteiger partial charge in [0.25, 0.3) is 5.69 Å². The van der Waals surface area contributed by atoms with Gasteiger partial charge in [0.2, 0.25) is 5.90 Å². The van der Waals surface area contributed by atoms with E-state index in [1.165, 1.54) is 49.6 Å². The van der Waals surface area contributed by atoms with Gasteiger partial charge in [0, 0.05) is 33.8 Å². The molecule has 0 spiro atoms. The molecule has 0 N–H and O–H groups in total. The Labute approximate surface area is 227 Å². The number of ether oxygens (including phenoxy) is 3. The number of hydrogen-bond acceptors (Lipinski definition) is 8. The number of carbonyl (C=O) groups is 2. The molecular weight excluding hydrogens is 612 g/mol. The Kier molecular flexibility index (Phi) is 7.95. The zero-order chi connectivity index (χ0) is 26.5. The summed E-state index contributed by atoms with van der Waals surface area (Å²) in [6.07, 6.45) is 4.11. The number of methoxy groups -OCH3 is 1. The van der Waals surface area contributed by atoms with E-state index >= 15 is 0 Å². The average molecular weight is 628 g/mol. The van der Waals surface area contributed by atoms with Gasteiger partial charge < -0.3 is 14.2 Å². The molecule has 9 nitrogen and oxygen atoms in total. The largest absolute Gasteiger partial charge is 0.497 e. The van der Waals surface area contributed by atoms with Crippen molar-refractivity contribution in [2.24, 2.45) is 4.99 Å². The topological polar surface area (TPSA) is 117 Å². The highest BCUT2D eigenvalue weighted by molar-refractivity contribution is 9.11. The van der Waals surface area contributed by atoms with Gasteiger partial charge >= 0.3 is 11.9 Å². The number of hydrogen-bond donors (Lipinski definition) is 0. The maximum atomic E-state index is 12.5. The number of cyclic esters (lactones) is 1. The van der Waals surface area contributed by atoms with E-state index in [4.69, 9.17) is 14.2 Å². The van der Waals surface area contributed by atoms with Crippen LogP contribution in [0.4, 0.5) is 5.69 Å². The van der Waals surface area contributed by atoms with E-state index in [0.29, 0.717) is 31.4 Å². The third kappa shape index (κ3) is 6.38. The van der Waals surface area contributed by atoms with Crippen LogP contribution in [0.25, 0.3) is 12.2 Å². The Morgan fingerprint density at radius 2 is 1.86 bits per heavy atom. The first-order chi connectivity index (χ1) is 17.7. The summed E-state index contributed by atoms with van der Waals surface area (Å²) in [6.45, 7) is 0. The Bertz CT molecular complexity index is 1500. The van der Waals surface area contributed by atoms with Crippen molar-refractivity contribution in [3.05, 3.63) is 108 Å². The highest BCUT2D eigenvalue weighted by Crippen LogP contribution is 2.35. The van der Waals surface area contributed by atoms with Crippen molar-refractivity contribution in [1.29, 1.82) is 0 Å². The maximum absolute atomic E-state index is 12.5. The number of carbonyl (C=O) groups excluding carboxylic acids is 2. The molecule has 0 atom stereocenters. The van der Waals surface area contributed by atoms with Gasteiger partial charge in [-0.2, -0.15) is 0 Å². The van der Waals surface area contributed by atoms with Crippen molar-refractivity contribution < 1.29 is 28.7 Å². The summed E-state index contributed by atoms with van der Waals surface area (Å²) >= 11 is 6.77. The van der Waals surface area contributed by atoms with Gasteiger partial charge in [0.15, 0.2) is 11.4 Å². The third-order valence-corrected chi connectivity index (χ3v) is 6.03. The molecule has 0 saturated carbocycles. The Morgan fingerprint density at radius 3 is 2.57 bits per heavy atom. The summed E-state index contributed by atoms with van der Waals surface area (Å²) in [5.41, 5.74) is 1.49. The number of aliphatic imine (C=N–C) groups is 1. The number of nitrogens with zero attached hydrogens (tertiary/aromatic N) is 2. The second-order valence-corrected chi connectivity index (χ2v) is 9.25. The van der Waals surface area contributed by atoms with Crippen molar-refractivity contribution in [2.75, 3.05) is 7.11 Å². The zero-order valence-electron chi connectivity index (χ0n) is 19.0. The Balaban J connectivity index is 1.59. The van der Waals surface area contributed by atoms with Gasteiger partial charge in [0.05, 0.1) is 16.5 Å². The lowest BCUT2D eigenvalue weighted by atomic mass is 10.1. The van der Waals surface area contributed by atoms with Gasteiger partial charge in [-0.1, -0.05) is 22.0 Å². The van der Waals surface area contributed by atoms with Crippen LogP contribution in [0.15, 0.2) is 86.4 Å². The van der Waals surface area contributed by atoms with Crippen LogP contribution in [-0.2, 0) is 14.3 Å². The fourth-order valence-corrected chi connectivity index (χ4v) is 4.58. The van der Waals surface area contributed by atoms with E-state index in [0.717, 1.165) is 0 Å². The molecule has 4 rings (SSSR count). The smallest absolute Gasteiger partial charge is 0.363 e. The molecule has 0 saturated heterocycles. The van der Waals surface area contributed by atoms with Crippen molar-refractivity contribution >= 4 is 67.5 Å². The van der Waals surface area contributed by atoms with Crippen molar-refractivity contribution in [3.63, 3.8) is 0 Å². The van der Waals surface area contributed by atoms with E-state index < -0.39 is 16.9 Å². The molecule has 11 heteroatoms. The molecule has 0 radical (unpaired) electrons. The van der Waals surface area contributed by atoms with Gasteiger partial charge in [0.1, 0.15) is 5.75 Å². The number of non-ortho nitro benzene ring substituents is 1. The van der Waals surface area contributed by atoms with Crippen LogP contribution in [0.5, 0.6) is 11.5 Å². The normalized spacial score (nSPS) is 14.0. The lowest BCUT2D eigenvalue weighted by Crippen LogP contribution is -2.06. The van der Waals surface area contributed by atoms with Crippen LogP contribution in [0.3, 0.4) is 0 Å². The molecule has 1 aliphatic heterocycles. The Morgan fingerprint density at radius 1 is 1.11 bits per heavy atom. The standard InChI is InChI=1S/C26H16Br2N2O7/c1-35-20-4-2-3-16(12-20)25-29-22(26(32)37-25)13-17-11-18(27)14-21(28)24(17)36-23(31)10-7-15-5-8-19(9-6-15)30(33)34/h2-14H,1H3/b10-7+,22-13-. The molecule has 0 unspecified atom stereocenters. The molecule has 0 bridgehead atoms. The number of benzene rings is 3. The molecule has 0 aliphatic carbocycles. The molecule has 0 fully saturated rings. The minimum atomic E-state index is -0.699. The number of esters is 2. The van der Waals surface area contributed by atoms with E-state index in [1.54, 1.807) is 36.4 Å². The molecule has 1 heterocycles. The minimum absolute atomic E-state index is 0.0153. The highest BCUT2D eigenvalue weighted by Gasteiger charge is 2.25. The predicted octanol–water partition coefficient (Wildman–Crippen LogP) is 6.09. The van der Waals surface area contributed by atoms with Crippen LogP contribution in [0.2, 0.25) is 0 Å². The number of nitro benzene ring substituents is 1. The number of nitro groups is 1. The summed E-state index contributed by atoms with van der Waals surface area (Å²) in [4.78, 5) is 39.7. The van der Waals surface area contributed by atoms with Gasteiger partial charge in [-0.3, -0.25) is 10.1 Å². The summed E-state index contributed by atoms with van der Waals surface area (Å²) in [5, 5.41) is 10.8.